The summed E-state index contributed by atoms with van der Waals surface area (Å²) < 4.78 is 1.63. The van der Waals surface area contributed by atoms with E-state index in [1.165, 1.54) is 0 Å². The lowest BCUT2D eigenvalue weighted by Gasteiger charge is -2.34. The molecule has 3 heterocycles. The molecule has 7 heteroatoms. The number of aryl methyl sites for hydroxylation is 3. The fourth-order valence-corrected chi connectivity index (χ4v) is 3.68. The van der Waals surface area contributed by atoms with Crippen LogP contribution in [0.4, 0.5) is 0 Å². The highest BCUT2D eigenvalue weighted by Gasteiger charge is 2.27. The van der Waals surface area contributed by atoms with Crippen molar-refractivity contribution < 1.29 is 9.90 Å². The molecule has 2 aromatic rings. The first-order valence-electron chi connectivity index (χ1n) is 8.80. The van der Waals surface area contributed by atoms with E-state index in [-0.39, 0.29) is 17.4 Å². The fraction of sp³-hybridized carbons (Fsp3) is 0.611. The van der Waals surface area contributed by atoms with Gasteiger partial charge < -0.3 is 10.0 Å². The number of H-pyrrole nitrogens is 1. The first kappa shape index (κ1) is 17.7. The number of hydrogen-bond donors (Lipinski definition) is 2. The molecule has 2 atom stereocenters. The molecule has 0 aromatic carbocycles. The smallest absolute Gasteiger partial charge is 0.273 e. The van der Waals surface area contributed by atoms with E-state index >= 15 is 0 Å². The van der Waals surface area contributed by atoms with Crippen LogP contribution in [0.1, 0.15) is 36.6 Å². The monoisotopic (exact) mass is 346 g/mol. The van der Waals surface area contributed by atoms with E-state index in [0.29, 0.717) is 37.0 Å². The van der Waals surface area contributed by atoms with Gasteiger partial charge in [0.15, 0.2) is 5.65 Å². The number of fused-ring (bicyclic) bond motifs is 1. The minimum atomic E-state index is -0.443. The van der Waals surface area contributed by atoms with Gasteiger partial charge in [0.25, 0.3) is 5.56 Å². The molecule has 0 aliphatic carbocycles. The number of likely N-dealkylation sites (tertiary alicyclic amines) is 1. The maximum absolute atomic E-state index is 12.5. The summed E-state index contributed by atoms with van der Waals surface area (Å²) in [6.45, 7) is 6.95. The summed E-state index contributed by atoms with van der Waals surface area (Å²) in [5, 5.41) is 13.3. The van der Waals surface area contributed by atoms with Crippen LogP contribution >= 0.6 is 0 Å². The Morgan fingerprint density at radius 2 is 2.12 bits per heavy atom. The lowest BCUT2D eigenvalue weighted by Crippen LogP contribution is -2.45. The zero-order chi connectivity index (χ0) is 18.3. The van der Waals surface area contributed by atoms with Crippen molar-refractivity contribution >= 4 is 16.9 Å². The molecule has 25 heavy (non-hydrogen) atoms. The van der Waals surface area contributed by atoms with Gasteiger partial charge in [-0.2, -0.15) is 0 Å². The van der Waals surface area contributed by atoms with Crippen molar-refractivity contribution in [3.05, 3.63) is 27.2 Å². The van der Waals surface area contributed by atoms with Crippen LogP contribution in [0.25, 0.3) is 11.0 Å². The lowest BCUT2D eigenvalue weighted by atomic mass is 9.95. The van der Waals surface area contributed by atoms with E-state index in [9.17, 15) is 14.7 Å². The summed E-state index contributed by atoms with van der Waals surface area (Å²) >= 11 is 0. The largest absolute Gasteiger partial charge is 0.391 e. The van der Waals surface area contributed by atoms with Gasteiger partial charge in [-0.1, -0.05) is 6.92 Å². The number of amides is 1. The van der Waals surface area contributed by atoms with E-state index in [0.717, 1.165) is 23.2 Å². The Bertz CT molecular complexity index is 867. The first-order valence-corrected chi connectivity index (χ1v) is 8.80. The number of hydrogen-bond acceptors (Lipinski definition) is 4. The van der Waals surface area contributed by atoms with Crippen molar-refractivity contribution in [2.45, 2.75) is 46.1 Å². The van der Waals surface area contributed by atoms with Crippen LogP contribution in [0.5, 0.6) is 0 Å². The molecule has 0 saturated carbocycles. The summed E-state index contributed by atoms with van der Waals surface area (Å²) in [5.74, 6) is 0.289. The maximum Gasteiger partial charge on any atom is 0.273 e. The van der Waals surface area contributed by atoms with Crippen molar-refractivity contribution in [1.82, 2.24) is 19.7 Å². The topological polar surface area (TPSA) is 91.2 Å². The number of aliphatic hydroxyl groups excluding tert-OH is 1. The van der Waals surface area contributed by atoms with Gasteiger partial charge >= 0.3 is 0 Å². The van der Waals surface area contributed by atoms with Crippen LogP contribution in [0.3, 0.4) is 0 Å². The van der Waals surface area contributed by atoms with Crippen molar-refractivity contribution in [2.24, 2.45) is 13.0 Å². The minimum absolute atomic E-state index is 0.0480. The molecule has 1 aliphatic rings. The van der Waals surface area contributed by atoms with Crippen LogP contribution in [-0.2, 0) is 18.3 Å². The second-order valence-electron chi connectivity index (χ2n) is 7.17. The van der Waals surface area contributed by atoms with Gasteiger partial charge in [-0.15, -0.1) is 0 Å². The van der Waals surface area contributed by atoms with Gasteiger partial charge in [0.05, 0.1) is 11.5 Å². The van der Waals surface area contributed by atoms with E-state index < -0.39 is 6.10 Å². The number of aliphatic hydroxyl groups is 1. The number of carbonyl (C=O) groups is 1. The second kappa shape index (κ2) is 6.63. The molecule has 3 rings (SSSR count). The zero-order valence-corrected chi connectivity index (χ0v) is 15.3. The van der Waals surface area contributed by atoms with Crippen LogP contribution in [0.15, 0.2) is 4.79 Å². The normalized spacial score (nSPS) is 21.1. The first-order chi connectivity index (χ1) is 11.8. The van der Waals surface area contributed by atoms with Crippen molar-refractivity contribution in [3.8, 4) is 0 Å². The molecule has 1 fully saturated rings. The van der Waals surface area contributed by atoms with Gasteiger partial charge in [0.2, 0.25) is 5.91 Å². The van der Waals surface area contributed by atoms with Gasteiger partial charge in [-0.3, -0.25) is 19.4 Å². The van der Waals surface area contributed by atoms with Crippen LogP contribution in [0, 0.1) is 19.8 Å². The van der Waals surface area contributed by atoms with Crippen molar-refractivity contribution in [2.75, 3.05) is 13.1 Å². The Labute approximate surface area is 146 Å². The number of piperidine rings is 1. The molecular formula is C18H26N4O3. The molecule has 1 amide bonds. The molecule has 1 aliphatic heterocycles. The number of aromatic amines is 1. The van der Waals surface area contributed by atoms with E-state index in [4.69, 9.17) is 0 Å². The summed E-state index contributed by atoms with van der Waals surface area (Å²) in [5.41, 5.74) is 3.19. The lowest BCUT2D eigenvalue weighted by molar-refractivity contribution is -0.135. The molecule has 0 bridgehead atoms. The number of nitrogens with one attached hydrogen (secondary N) is 1. The third-order valence-electron chi connectivity index (χ3n) is 5.44. The molecule has 2 unspecified atom stereocenters. The third kappa shape index (κ3) is 3.20. The fourth-order valence-electron chi connectivity index (χ4n) is 3.68. The molecule has 7 nitrogen and oxygen atoms in total. The Morgan fingerprint density at radius 3 is 2.80 bits per heavy atom. The van der Waals surface area contributed by atoms with Gasteiger partial charge in [0.1, 0.15) is 0 Å². The number of aromatic nitrogens is 3. The predicted octanol–water partition coefficient (Wildman–Crippen LogP) is 1.04. The molecule has 0 radical (unpaired) electrons. The molecule has 2 N–H and O–H groups in total. The molecule has 1 saturated heterocycles. The van der Waals surface area contributed by atoms with E-state index in [2.05, 4.69) is 10.1 Å². The third-order valence-corrected chi connectivity index (χ3v) is 5.44. The van der Waals surface area contributed by atoms with Crippen molar-refractivity contribution in [3.63, 3.8) is 0 Å². The van der Waals surface area contributed by atoms with Gasteiger partial charge in [-0.05, 0) is 43.7 Å². The number of nitrogens with zero attached hydrogens (tertiary/aromatic N) is 3. The molecular weight excluding hydrogens is 320 g/mol. The molecule has 136 valence electrons. The van der Waals surface area contributed by atoms with Crippen LogP contribution in [0.2, 0.25) is 0 Å². The highest BCUT2D eigenvalue weighted by Crippen LogP contribution is 2.22. The number of rotatable bonds is 3. The molecule has 0 spiro atoms. The maximum atomic E-state index is 12.5. The standard InChI is InChI=1S/C18H26N4O3/c1-10-7-8-22(9-14(10)23)15(24)6-5-13-11(2)16-17(19-12(13)3)21(4)20-18(16)25/h10,14,23H,5-9H2,1-4H3,(H,20,25). The SMILES string of the molecule is Cc1nc2c(c(C)c1CCC(=O)N1CCC(C)C(O)C1)c(=O)[nH]n2C. The van der Waals surface area contributed by atoms with Crippen LogP contribution in [-0.4, -0.2) is 49.9 Å². The number of pyridine rings is 1. The molecule has 2 aromatic heterocycles. The Balaban J connectivity index is 1.78. The Hall–Kier alpha value is -2.15. The average Bonchev–Trinajstić information content (AvgIpc) is 2.83. The highest BCUT2D eigenvalue weighted by atomic mass is 16.3. The minimum Gasteiger partial charge on any atom is -0.391 e. The number of β-amino-alcohol motifs (C(OH)–C–C–N with tert-alkyl or cyclic N) is 1. The summed E-state index contributed by atoms with van der Waals surface area (Å²) in [6.07, 6.45) is 1.30. The average molecular weight is 346 g/mol. The highest BCUT2D eigenvalue weighted by molar-refractivity contribution is 5.81. The summed E-state index contributed by atoms with van der Waals surface area (Å²) in [7, 11) is 1.77. The van der Waals surface area contributed by atoms with Gasteiger partial charge in [-0.25, -0.2) is 4.98 Å². The predicted molar refractivity (Wildman–Crippen MR) is 95.5 cm³/mol. The summed E-state index contributed by atoms with van der Waals surface area (Å²) in [4.78, 5) is 30.9. The van der Waals surface area contributed by atoms with Gasteiger partial charge in [0, 0.05) is 32.3 Å². The quantitative estimate of drug-likeness (QED) is 0.869. The zero-order valence-electron chi connectivity index (χ0n) is 15.3. The second-order valence-corrected chi connectivity index (χ2v) is 7.17. The summed E-state index contributed by atoms with van der Waals surface area (Å²) in [6, 6.07) is 0. The Morgan fingerprint density at radius 1 is 1.40 bits per heavy atom. The number of carbonyl (C=O) groups excluding carboxylic acids is 1. The van der Waals surface area contributed by atoms with E-state index in [1.54, 1.807) is 16.6 Å². The van der Waals surface area contributed by atoms with Crippen molar-refractivity contribution in [1.29, 1.82) is 0 Å². The van der Waals surface area contributed by atoms with Crippen LogP contribution < -0.4 is 5.56 Å². The van der Waals surface area contributed by atoms with E-state index in [1.807, 2.05) is 20.8 Å². The Kier molecular flexibility index (Phi) is 4.69.